The fraction of sp³-hybridized carbons (Fsp3) is 0.531. The Kier molecular flexibility index (Phi) is 14.0. The van der Waals surface area contributed by atoms with Gasteiger partial charge in [0, 0.05) is 7.05 Å². The second kappa shape index (κ2) is 17.4. The van der Waals surface area contributed by atoms with Crippen molar-refractivity contribution in [3.63, 3.8) is 0 Å². The molecule has 11 heteroatoms. The van der Waals surface area contributed by atoms with Gasteiger partial charge in [0.25, 0.3) is 10.0 Å². The van der Waals surface area contributed by atoms with Crippen LogP contribution in [0.3, 0.4) is 0 Å². The number of para-hydroxylation sites is 1. The molecule has 2 aromatic rings. The molecule has 3 rings (SSSR count). The van der Waals surface area contributed by atoms with Crippen molar-refractivity contribution in [2.24, 2.45) is 4.40 Å². The summed E-state index contributed by atoms with van der Waals surface area (Å²) in [6, 6.07) is 11.1. The van der Waals surface area contributed by atoms with E-state index in [1.54, 1.807) is 42.3 Å². The van der Waals surface area contributed by atoms with Gasteiger partial charge in [-0.1, -0.05) is 106 Å². The molecule has 1 amide bonds. The van der Waals surface area contributed by atoms with E-state index in [0.29, 0.717) is 18.0 Å². The minimum atomic E-state index is -3.98. The fourth-order valence-corrected chi connectivity index (χ4v) is 6.91. The highest BCUT2D eigenvalue weighted by Crippen LogP contribution is 2.33. The van der Waals surface area contributed by atoms with Gasteiger partial charge in [0.05, 0.1) is 30.7 Å². The highest BCUT2D eigenvalue weighted by Gasteiger charge is 2.35. The molecule has 1 unspecified atom stereocenters. The maximum atomic E-state index is 13.2. The summed E-state index contributed by atoms with van der Waals surface area (Å²) in [4.78, 5) is 26.4. The number of nitrogens with one attached hydrogen (secondary N) is 1. The number of alkyl halides is 1. The van der Waals surface area contributed by atoms with Crippen molar-refractivity contribution in [3.05, 3.63) is 48.0 Å². The molecule has 0 saturated heterocycles. The summed E-state index contributed by atoms with van der Waals surface area (Å²) in [7, 11) is -0.891. The molecular formula is C32H44BrN3O6S. The predicted molar refractivity (Wildman–Crippen MR) is 175 cm³/mol. The van der Waals surface area contributed by atoms with Crippen LogP contribution in [0.15, 0.2) is 51.8 Å². The smallest absolute Gasteiger partial charge is 0.338 e. The molecule has 0 saturated carbocycles. The first kappa shape index (κ1) is 34.6. The first-order chi connectivity index (χ1) is 20.7. The molecule has 2 aromatic carbocycles. The maximum Gasteiger partial charge on any atom is 0.338 e. The van der Waals surface area contributed by atoms with E-state index in [2.05, 4.69) is 32.6 Å². The van der Waals surface area contributed by atoms with Crippen LogP contribution in [0, 0.1) is 0 Å². The highest BCUT2D eigenvalue weighted by atomic mass is 79.9. The molecule has 0 spiro atoms. The first-order valence-electron chi connectivity index (χ1n) is 15.2. The quantitative estimate of drug-likeness (QED) is 0.0987. The number of hydrogen-bond donors (Lipinski definition) is 1. The van der Waals surface area contributed by atoms with Crippen molar-refractivity contribution in [1.29, 1.82) is 0 Å². The summed E-state index contributed by atoms with van der Waals surface area (Å²) in [5, 5.41) is 2.72. The predicted octanol–water partition coefficient (Wildman–Crippen LogP) is 7.49. The van der Waals surface area contributed by atoms with E-state index in [1.807, 2.05) is 0 Å². The summed E-state index contributed by atoms with van der Waals surface area (Å²) in [6.07, 6.45) is 14.7. The van der Waals surface area contributed by atoms with Gasteiger partial charge in [0.2, 0.25) is 5.91 Å². The summed E-state index contributed by atoms with van der Waals surface area (Å²) in [6.45, 7) is 2.57. The van der Waals surface area contributed by atoms with Gasteiger partial charge in [-0.25, -0.2) is 4.79 Å². The van der Waals surface area contributed by atoms with Crippen LogP contribution >= 0.6 is 15.9 Å². The lowest BCUT2D eigenvalue weighted by Crippen LogP contribution is -2.43. The van der Waals surface area contributed by atoms with E-state index >= 15 is 0 Å². The second-order valence-corrected chi connectivity index (χ2v) is 13.2. The van der Waals surface area contributed by atoms with Gasteiger partial charge in [-0.3, -0.25) is 4.79 Å². The molecule has 0 aromatic heterocycles. The zero-order chi connectivity index (χ0) is 31.2. The Balaban J connectivity index is 1.48. The monoisotopic (exact) mass is 677 g/mol. The first-order valence-corrected chi connectivity index (χ1v) is 17.5. The molecule has 1 heterocycles. The van der Waals surface area contributed by atoms with E-state index < -0.39 is 26.7 Å². The van der Waals surface area contributed by atoms with Crippen molar-refractivity contribution in [3.8, 4) is 5.75 Å². The Bertz CT molecular complexity index is 1360. The number of fused-ring (bicyclic) bond motifs is 1. The Morgan fingerprint density at radius 2 is 1.53 bits per heavy atom. The number of rotatable bonds is 18. The Morgan fingerprint density at radius 1 is 0.930 bits per heavy atom. The zero-order valence-corrected chi connectivity index (χ0v) is 27.8. The summed E-state index contributed by atoms with van der Waals surface area (Å²) in [5.41, 5.74) is 0.934. The molecular weight excluding hydrogens is 634 g/mol. The van der Waals surface area contributed by atoms with Gasteiger partial charge in [-0.2, -0.15) is 8.42 Å². The fourth-order valence-electron chi connectivity index (χ4n) is 4.96. The Morgan fingerprint density at radius 3 is 2.16 bits per heavy atom. The van der Waals surface area contributed by atoms with E-state index in [4.69, 9.17) is 9.47 Å². The number of amides is 1. The molecule has 0 radical (unpaired) electrons. The van der Waals surface area contributed by atoms with Crippen molar-refractivity contribution < 1.29 is 27.5 Å². The van der Waals surface area contributed by atoms with Crippen molar-refractivity contribution in [2.75, 3.05) is 31.0 Å². The molecule has 0 bridgehead atoms. The van der Waals surface area contributed by atoms with E-state index in [9.17, 15) is 18.0 Å². The average Bonchev–Trinajstić information content (AvgIpc) is 3.00. The number of anilines is 2. The van der Waals surface area contributed by atoms with Gasteiger partial charge >= 0.3 is 5.97 Å². The molecule has 0 fully saturated rings. The molecule has 43 heavy (non-hydrogen) atoms. The average molecular weight is 679 g/mol. The zero-order valence-electron chi connectivity index (χ0n) is 25.4. The van der Waals surface area contributed by atoms with E-state index in [1.165, 1.54) is 77.0 Å². The number of benzene rings is 2. The van der Waals surface area contributed by atoms with Crippen molar-refractivity contribution >= 4 is 55.0 Å². The number of nitrogens with zero attached hydrogens (tertiary/aromatic N) is 2. The number of carbonyl (C=O) groups excluding carboxylic acids is 2. The number of methoxy groups -OCH3 is 1. The standard InChI is InChI=1S/C32H44BrN3O6S/c1-4-5-6-7-8-9-10-11-12-13-14-17-22-42-32(38)24-20-21-27(41-3)25(23-24)34-31(37)29(33)30-35-43(39,40)28-19-16-15-18-26(28)36(30)2/h15-16,18-21,23,29H,4-14,17,22H2,1-3H3,(H,34,37). The number of esters is 1. The topological polar surface area (TPSA) is 114 Å². The maximum absolute atomic E-state index is 13.2. The molecule has 9 nitrogen and oxygen atoms in total. The van der Waals surface area contributed by atoms with Crippen LogP contribution in [-0.2, 0) is 19.6 Å². The van der Waals surface area contributed by atoms with Crippen molar-refractivity contribution in [2.45, 2.75) is 93.7 Å². The van der Waals surface area contributed by atoms with Crippen LogP contribution in [0.25, 0.3) is 0 Å². The third-order valence-corrected chi connectivity index (χ3v) is 9.60. The number of amidine groups is 1. The van der Waals surface area contributed by atoms with Crippen LogP contribution in [0.1, 0.15) is 94.3 Å². The minimum Gasteiger partial charge on any atom is -0.495 e. The van der Waals surface area contributed by atoms with Crippen LogP contribution in [0.2, 0.25) is 0 Å². The lowest BCUT2D eigenvalue weighted by molar-refractivity contribution is -0.114. The molecule has 1 aliphatic heterocycles. The van der Waals surface area contributed by atoms with Gasteiger partial charge in [-0.15, -0.1) is 4.40 Å². The van der Waals surface area contributed by atoms with Gasteiger partial charge in [0.15, 0.2) is 4.83 Å². The number of hydrogen-bond acceptors (Lipinski definition) is 7. The number of halogens is 1. The third kappa shape index (κ3) is 10.1. The Hall–Kier alpha value is -2.92. The molecule has 1 N–H and O–H groups in total. The van der Waals surface area contributed by atoms with Crippen molar-refractivity contribution in [1.82, 2.24) is 0 Å². The minimum absolute atomic E-state index is 0.00754. The van der Waals surface area contributed by atoms with Gasteiger partial charge in [0.1, 0.15) is 16.5 Å². The number of unbranched alkanes of at least 4 members (excludes halogenated alkanes) is 11. The third-order valence-electron chi connectivity index (χ3n) is 7.44. The number of carbonyl (C=O) groups is 2. The van der Waals surface area contributed by atoms with Gasteiger partial charge < -0.3 is 19.7 Å². The van der Waals surface area contributed by atoms with E-state index in [-0.39, 0.29) is 22.0 Å². The number of sulfonamides is 1. The highest BCUT2D eigenvalue weighted by molar-refractivity contribution is 9.10. The summed E-state index contributed by atoms with van der Waals surface area (Å²) < 4.78 is 40.2. The van der Waals surface area contributed by atoms with E-state index in [0.717, 1.165) is 19.3 Å². The van der Waals surface area contributed by atoms with Crippen LogP contribution in [-0.4, -0.2) is 51.7 Å². The molecule has 0 aliphatic carbocycles. The number of ether oxygens (including phenoxy) is 2. The van der Waals surface area contributed by atoms with Crippen LogP contribution in [0.4, 0.5) is 11.4 Å². The summed E-state index contributed by atoms with van der Waals surface area (Å²) in [5.74, 6) is -0.730. The molecule has 1 atom stereocenters. The summed E-state index contributed by atoms with van der Waals surface area (Å²) >= 11 is 3.30. The van der Waals surface area contributed by atoms with Gasteiger partial charge in [-0.05, 0) is 36.8 Å². The Labute approximate surface area is 264 Å². The normalized spacial score (nSPS) is 14.4. The largest absolute Gasteiger partial charge is 0.495 e. The SMILES string of the molecule is CCCCCCCCCCCCCCOC(=O)c1ccc(OC)c(NC(=O)C(Br)C2=NS(=O)(=O)c3ccccc3N2C)c1. The van der Waals surface area contributed by atoms with Crippen LogP contribution in [0.5, 0.6) is 5.75 Å². The second-order valence-electron chi connectivity index (χ2n) is 10.7. The van der Waals surface area contributed by atoms with Crippen LogP contribution < -0.4 is 15.0 Å². The molecule has 236 valence electrons. The molecule has 1 aliphatic rings. The lowest BCUT2D eigenvalue weighted by Gasteiger charge is -2.29. The lowest BCUT2D eigenvalue weighted by atomic mass is 10.1.